The lowest BCUT2D eigenvalue weighted by Gasteiger charge is -2.18. The Morgan fingerprint density at radius 3 is 2.67 bits per heavy atom. The standard InChI is InChI=1S/C13H24N2/c1-5-11(3)10-15-9-7-8-13(15)12(4)14-6-2/h7-9,11-12,14H,5-6,10H2,1-4H3. The molecule has 0 aliphatic heterocycles. The molecule has 2 nitrogen and oxygen atoms in total. The molecule has 0 aromatic carbocycles. The largest absolute Gasteiger partial charge is 0.350 e. The predicted molar refractivity (Wildman–Crippen MR) is 66.0 cm³/mol. The van der Waals surface area contributed by atoms with Gasteiger partial charge in [0, 0.05) is 24.5 Å². The third-order valence-corrected chi connectivity index (χ3v) is 3.02. The maximum Gasteiger partial charge on any atom is 0.0446 e. The summed E-state index contributed by atoms with van der Waals surface area (Å²) in [6.45, 7) is 11.1. The van der Waals surface area contributed by atoms with Gasteiger partial charge in [0.05, 0.1) is 0 Å². The van der Waals surface area contributed by atoms with E-state index in [4.69, 9.17) is 0 Å². The van der Waals surface area contributed by atoms with Crippen molar-refractivity contribution >= 4 is 0 Å². The van der Waals surface area contributed by atoms with Crippen LogP contribution in [0.4, 0.5) is 0 Å². The SMILES string of the molecule is CCNC(C)c1cccn1CC(C)CC. The number of aromatic nitrogens is 1. The van der Waals surface area contributed by atoms with E-state index in [1.165, 1.54) is 12.1 Å². The topological polar surface area (TPSA) is 17.0 Å². The van der Waals surface area contributed by atoms with Gasteiger partial charge in [-0.25, -0.2) is 0 Å². The highest BCUT2D eigenvalue weighted by atomic mass is 15.0. The maximum absolute atomic E-state index is 3.46. The van der Waals surface area contributed by atoms with Gasteiger partial charge in [0.2, 0.25) is 0 Å². The van der Waals surface area contributed by atoms with E-state index in [2.05, 4.69) is 55.9 Å². The molecule has 0 saturated carbocycles. The van der Waals surface area contributed by atoms with E-state index in [0.717, 1.165) is 19.0 Å². The number of hydrogen-bond acceptors (Lipinski definition) is 1. The van der Waals surface area contributed by atoms with Crippen molar-refractivity contribution in [1.29, 1.82) is 0 Å². The molecule has 0 fully saturated rings. The van der Waals surface area contributed by atoms with Crippen LogP contribution in [-0.4, -0.2) is 11.1 Å². The second-order valence-electron chi connectivity index (χ2n) is 4.38. The zero-order chi connectivity index (χ0) is 11.3. The first-order valence-corrected chi connectivity index (χ1v) is 6.07. The molecule has 1 N–H and O–H groups in total. The Bertz CT molecular complexity index is 278. The van der Waals surface area contributed by atoms with Gasteiger partial charge >= 0.3 is 0 Å². The van der Waals surface area contributed by atoms with E-state index >= 15 is 0 Å². The highest BCUT2D eigenvalue weighted by molar-refractivity contribution is 5.11. The van der Waals surface area contributed by atoms with Gasteiger partial charge in [-0.2, -0.15) is 0 Å². The first kappa shape index (κ1) is 12.3. The lowest BCUT2D eigenvalue weighted by molar-refractivity contribution is 0.443. The number of rotatable bonds is 6. The Hall–Kier alpha value is -0.760. The van der Waals surface area contributed by atoms with Crippen molar-refractivity contribution in [2.45, 2.75) is 46.7 Å². The van der Waals surface area contributed by atoms with Crippen molar-refractivity contribution in [2.75, 3.05) is 6.54 Å². The van der Waals surface area contributed by atoms with E-state index in [-0.39, 0.29) is 0 Å². The second kappa shape index (κ2) is 5.96. The molecule has 0 bridgehead atoms. The fourth-order valence-corrected chi connectivity index (χ4v) is 1.86. The first-order valence-electron chi connectivity index (χ1n) is 6.07. The zero-order valence-electron chi connectivity index (χ0n) is 10.5. The number of hydrogen-bond donors (Lipinski definition) is 1. The van der Waals surface area contributed by atoms with Crippen molar-refractivity contribution in [3.05, 3.63) is 24.0 Å². The molecule has 0 radical (unpaired) electrons. The quantitative estimate of drug-likeness (QED) is 0.759. The molecular weight excluding hydrogens is 184 g/mol. The smallest absolute Gasteiger partial charge is 0.0446 e. The highest BCUT2D eigenvalue weighted by Crippen LogP contribution is 2.16. The maximum atomic E-state index is 3.46. The van der Waals surface area contributed by atoms with Crippen molar-refractivity contribution < 1.29 is 0 Å². The molecule has 2 unspecified atom stereocenters. The summed E-state index contributed by atoms with van der Waals surface area (Å²) in [4.78, 5) is 0. The van der Waals surface area contributed by atoms with E-state index < -0.39 is 0 Å². The highest BCUT2D eigenvalue weighted by Gasteiger charge is 2.09. The molecule has 0 aliphatic carbocycles. The minimum Gasteiger partial charge on any atom is -0.350 e. The monoisotopic (exact) mass is 208 g/mol. The molecule has 0 spiro atoms. The van der Waals surface area contributed by atoms with Crippen LogP contribution in [0.3, 0.4) is 0 Å². The molecule has 0 saturated heterocycles. The molecule has 1 aromatic rings. The average molecular weight is 208 g/mol. The van der Waals surface area contributed by atoms with Gasteiger partial charge in [0.15, 0.2) is 0 Å². The molecule has 2 atom stereocenters. The molecule has 1 heterocycles. The molecule has 0 amide bonds. The van der Waals surface area contributed by atoms with Gasteiger partial charge in [0.25, 0.3) is 0 Å². The van der Waals surface area contributed by atoms with E-state index in [1.54, 1.807) is 0 Å². The molecule has 0 aliphatic rings. The Balaban J connectivity index is 2.68. The molecule has 1 aromatic heterocycles. The fraction of sp³-hybridized carbons (Fsp3) is 0.692. The van der Waals surface area contributed by atoms with Crippen molar-refractivity contribution in [3.63, 3.8) is 0 Å². The van der Waals surface area contributed by atoms with Crippen LogP contribution in [-0.2, 0) is 6.54 Å². The molecular formula is C13H24N2. The summed E-state index contributed by atoms with van der Waals surface area (Å²) in [6, 6.07) is 4.82. The summed E-state index contributed by atoms with van der Waals surface area (Å²) < 4.78 is 2.38. The van der Waals surface area contributed by atoms with E-state index in [9.17, 15) is 0 Å². The van der Waals surface area contributed by atoms with Crippen LogP contribution in [0.2, 0.25) is 0 Å². The lowest BCUT2D eigenvalue weighted by atomic mass is 10.1. The van der Waals surface area contributed by atoms with Gasteiger partial charge in [-0.3, -0.25) is 0 Å². The van der Waals surface area contributed by atoms with Gasteiger partial charge in [-0.1, -0.05) is 27.2 Å². The van der Waals surface area contributed by atoms with Gasteiger partial charge in [-0.15, -0.1) is 0 Å². The first-order chi connectivity index (χ1) is 7.19. The van der Waals surface area contributed by atoms with Gasteiger partial charge < -0.3 is 9.88 Å². The summed E-state index contributed by atoms with van der Waals surface area (Å²) in [5.41, 5.74) is 1.40. The van der Waals surface area contributed by atoms with Crippen LogP contribution in [0.25, 0.3) is 0 Å². The second-order valence-corrected chi connectivity index (χ2v) is 4.38. The van der Waals surface area contributed by atoms with Crippen LogP contribution in [0.1, 0.15) is 45.9 Å². The van der Waals surface area contributed by atoms with Crippen LogP contribution in [0.5, 0.6) is 0 Å². The molecule has 86 valence electrons. The summed E-state index contributed by atoms with van der Waals surface area (Å²) in [7, 11) is 0. The molecule has 2 heteroatoms. The third kappa shape index (κ3) is 3.38. The Labute approximate surface area is 93.7 Å². The summed E-state index contributed by atoms with van der Waals surface area (Å²) in [5, 5.41) is 3.46. The minimum absolute atomic E-state index is 0.453. The lowest BCUT2D eigenvalue weighted by Crippen LogP contribution is -2.21. The normalized spacial score (nSPS) is 15.2. The van der Waals surface area contributed by atoms with Crippen LogP contribution < -0.4 is 5.32 Å². The van der Waals surface area contributed by atoms with Crippen LogP contribution in [0, 0.1) is 5.92 Å². The van der Waals surface area contributed by atoms with Crippen molar-refractivity contribution in [1.82, 2.24) is 9.88 Å². The Morgan fingerprint density at radius 2 is 2.07 bits per heavy atom. The van der Waals surface area contributed by atoms with Gasteiger partial charge in [0.1, 0.15) is 0 Å². The summed E-state index contributed by atoms with van der Waals surface area (Å²) in [5.74, 6) is 0.755. The van der Waals surface area contributed by atoms with Crippen LogP contribution >= 0.6 is 0 Å². The summed E-state index contributed by atoms with van der Waals surface area (Å²) in [6.07, 6.45) is 3.43. The zero-order valence-corrected chi connectivity index (χ0v) is 10.5. The predicted octanol–water partition coefficient (Wildman–Crippen LogP) is 3.20. The van der Waals surface area contributed by atoms with Crippen molar-refractivity contribution in [2.24, 2.45) is 5.92 Å². The number of nitrogens with zero attached hydrogens (tertiary/aromatic N) is 1. The minimum atomic E-state index is 0.453. The summed E-state index contributed by atoms with van der Waals surface area (Å²) >= 11 is 0. The number of nitrogens with one attached hydrogen (secondary N) is 1. The van der Waals surface area contributed by atoms with Crippen LogP contribution in [0.15, 0.2) is 18.3 Å². The Morgan fingerprint density at radius 1 is 1.33 bits per heavy atom. The van der Waals surface area contributed by atoms with E-state index in [1.807, 2.05) is 0 Å². The van der Waals surface area contributed by atoms with Gasteiger partial charge in [-0.05, 0) is 31.5 Å². The fourth-order valence-electron chi connectivity index (χ4n) is 1.86. The van der Waals surface area contributed by atoms with E-state index in [0.29, 0.717) is 6.04 Å². The molecule has 1 rings (SSSR count). The Kier molecular flexibility index (Phi) is 4.89. The van der Waals surface area contributed by atoms with Crippen molar-refractivity contribution in [3.8, 4) is 0 Å². The molecule has 15 heavy (non-hydrogen) atoms. The third-order valence-electron chi connectivity index (χ3n) is 3.02. The average Bonchev–Trinajstić information content (AvgIpc) is 2.66.